The van der Waals surface area contributed by atoms with E-state index in [1.54, 1.807) is 0 Å². The standard InChI is InChI=1S/C18H30O2/c1-2-3-4-7-12-17(15-10-6-11-16-19)20-18-13-8-5-9-14-18/h5,8-9,13-14,17,19H,2-4,6-7,10-12,15-16H2,1H3. The van der Waals surface area contributed by atoms with Crippen LogP contribution >= 0.6 is 0 Å². The van der Waals surface area contributed by atoms with Crippen molar-refractivity contribution in [1.29, 1.82) is 0 Å². The maximum atomic E-state index is 8.84. The summed E-state index contributed by atoms with van der Waals surface area (Å²) in [6.07, 6.45) is 10.9. The molecular weight excluding hydrogens is 248 g/mol. The molecule has 1 N–H and O–H groups in total. The lowest BCUT2D eigenvalue weighted by molar-refractivity contribution is 0.171. The molecule has 114 valence electrons. The molecule has 0 aliphatic carbocycles. The van der Waals surface area contributed by atoms with Gasteiger partial charge in [-0.3, -0.25) is 0 Å². The van der Waals surface area contributed by atoms with E-state index >= 15 is 0 Å². The van der Waals surface area contributed by atoms with Gasteiger partial charge in [0.1, 0.15) is 5.75 Å². The van der Waals surface area contributed by atoms with Crippen molar-refractivity contribution in [2.75, 3.05) is 6.61 Å². The third-order valence-electron chi connectivity index (χ3n) is 3.61. The molecule has 1 atom stereocenters. The minimum Gasteiger partial charge on any atom is -0.490 e. The number of aliphatic hydroxyl groups excluding tert-OH is 1. The lowest BCUT2D eigenvalue weighted by Gasteiger charge is -2.19. The molecule has 0 radical (unpaired) electrons. The highest BCUT2D eigenvalue weighted by atomic mass is 16.5. The number of benzene rings is 1. The van der Waals surface area contributed by atoms with Gasteiger partial charge in [0, 0.05) is 6.61 Å². The topological polar surface area (TPSA) is 29.5 Å². The predicted octanol–water partition coefficient (Wildman–Crippen LogP) is 4.96. The Morgan fingerprint density at radius 1 is 0.900 bits per heavy atom. The lowest BCUT2D eigenvalue weighted by atomic mass is 10.0. The first-order valence-corrected chi connectivity index (χ1v) is 8.19. The highest BCUT2D eigenvalue weighted by molar-refractivity contribution is 5.21. The molecular formula is C18H30O2. The molecule has 0 amide bonds. The third kappa shape index (κ3) is 8.21. The zero-order chi connectivity index (χ0) is 14.5. The second-order valence-corrected chi connectivity index (χ2v) is 5.48. The Morgan fingerprint density at radius 2 is 1.55 bits per heavy atom. The van der Waals surface area contributed by atoms with Gasteiger partial charge in [0.05, 0.1) is 6.10 Å². The summed E-state index contributed by atoms with van der Waals surface area (Å²) < 4.78 is 6.11. The van der Waals surface area contributed by atoms with Crippen molar-refractivity contribution in [3.63, 3.8) is 0 Å². The van der Waals surface area contributed by atoms with Gasteiger partial charge < -0.3 is 9.84 Å². The van der Waals surface area contributed by atoms with Gasteiger partial charge >= 0.3 is 0 Å². The van der Waals surface area contributed by atoms with Crippen LogP contribution in [0, 0.1) is 0 Å². The van der Waals surface area contributed by atoms with Crippen molar-refractivity contribution in [2.45, 2.75) is 70.8 Å². The van der Waals surface area contributed by atoms with Crippen molar-refractivity contribution in [3.05, 3.63) is 30.3 Å². The van der Waals surface area contributed by atoms with Gasteiger partial charge in [-0.05, 0) is 44.2 Å². The van der Waals surface area contributed by atoms with Crippen molar-refractivity contribution < 1.29 is 9.84 Å². The smallest absolute Gasteiger partial charge is 0.119 e. The maximum absolute atomic E-state index is 8.84. The number of para-hydroxylation sites is 1. The van der Waals surface area contributed by atoms with Crippen LogP contribution < -0.4 is 4.74 Å². The third-order valence-corrected chi connectivity index (χ3v) is 3.61. The lowest BCUT2D eigenvalue weighted by Crippen LogP contribution is -2.16. The zero-order valence-corrected chi connectivity index (χ0v) is 12.9. The van der Waals surface area contributed by atoms with Crippen LogP contribution in [0.1, 0.15) is 64.7 Å². The first-order valence-electron chi connectivity index (χ1n) is 8.19. The number of hydrogen-bond acceptors (Lipinski definition) is 2. The molecule has 0 spiro atoms. The second-order valence-electron chi connectivity index (χ2n) is 5.48. The average molecular weight is 278 g/mol. The van der Waals surface area contributed by atoms with Crippen LogP contribution in [0.2, 0.25) is 0 Å². The summed E-state index contributed by atoms with van der Waals surface area (Å²) in [7, 11) is 0. The Balaban J connectivity index is 2.33. The summed E-state index contributed by atoms with van der Waals surface area (Å²) in [5, 5.41) is 8.84. The highest BCUT2D eigenvalue weighted by Gasteiger charge is 2.10. The van der Waals surface area contributed by atoms with Crippen LogP contribution in [-0.4, -0.2) is 17.8 Å². The number of aliphatic hydroxyl groups is 1. The molecule has 0 aliphatic heterocycles. The first-order chi connectivity index (χ1) is 9.86. The number of unbranched alkanes of at least 4 members (excludes halogenated alkanes) is 5. The van der Waals surface area contributed by atoms with Gasteiger partial charge in [-0.15, -0.1) is 0 Å². The molecule has 0 aliphatic rings. The van der Waals surface area contributed by atoms with E-state index in [4.69, 9.17) is 9.84 Å². The van der Waals surface area contributed by atoms with Crippen LogP contribution in [0.5, 0.6) is 5.75 Å². The molecule has 0 heterocycles. The maximum Gasteiger partial charge on any atom is 0.119 e. The fraction of sp³-hybridized carbons (Fsp3) is 0.667. The monoisotopic (exact) mass is 278 g/mol. The fourth-order valence-corrected chi connectivity index (χ4v) is 2.41. The summed E-state index contributed by atoms with van der Waals surface area (Å²) >= 11 is 0. The summed E-state index contributed by atoms with van der Waals surface area (Å²) in [5.41, 5.74) is 0. The van der Waals surface area contributed by atoms with Gasteiger partial charge in [-0.2, -0.15) is 0 Å². The molecule has 1 unspecified atom stereocenters. The normalized spacial score (nSPS) is 12.3. The summed E-state index contributed by atoms with van der Waals surface area (Å²) in [6, 6.07) is 10.1. The molecule has 20 heavy (non-hydrogen) atoms. The molecule has 0 saturated carbocycles. The van der Waals surface area contributed by atoms with E-state index in [2.05, 4.69) is 6.92 Å². The van der Waals surface area contributed by atoms with Gasteiger partial charge in [-0.25, -0.2) is 0 Å². The van der Waals surface area contributed by atoms with E-state index in [1.807, 2.05) is 30.3 Å². The molecule has 0 aromatic heterocycles. The predicted molar refractivity (Wildman–Crippen MR) is 85.2 cm³/mol. The van der Waals surface area contributed by atoms with Crippen molar-refractivity contribution in [3.8, 4) is 5.75 Å². The second kappa shape index (κ2) is 11.8. The fourth-order valence-electron chi connectivity index (χ4n) is 2.41. The number of ether oxygens (including phenoxy) is 1. The molecule has 2 heteroatoms. The van der Waals surface area contributed by atoms with E-state index < -0.39 is 0 Å². The van der Waals surface area contributed by atoms with E-state index in [9.17, 15) is 0 Å². The number of hydrogen-bond donors (Lipinski definition) is 1. The van der Waals surface area contributed by atoms with E-state index in [-0.39, 0.29) is 0 Å². The van der Waals surface area contributed by atoms with Gasteiger partial charge in [0.25, 0.3) is 0 Å². The molecule has 1 aromatic rings. The molecule has 0 bridgehead atoms. The van der Waals surface area contributed by atoms with Gasteiger partial charge in [-0.1, -0.05) is 50.8 Å². The molecule has 1 aromatic carbocycles. The summed E-state index contributed by atoms with van der Waals surface area (Å²) in [4.78, 5) is 0. The summed E-state index contributed by atoms with van der Waals surface area (Å²) in [6.45, 7) is 2.55. The Morgan fingerprint density at radius 3 is 2.15 bits per heavy atom. The minimum atomic E-state index is 0.306. The minimum absolute atomic E-state index is 0.306. The Hall–Kier alpha value is -1.02. The Labute approximate surface area is 124 Å². The van der Waals surface area contributed by atoms with Gasteiger partial charge in [0.15, 0.2) is 0 Å². The van der Waals surface area contributed by atoms with Crippen molar-refractivity contribution in [2.24, 2.45) is 0 Å². The van der Waals surface area contributed by atoms with E-state index in [0.717, 1.165) is 37.9 Å². The van der Waals surface area contributed by atoms with Crippen LogP contribution in [-0.2, 0) is 0 Å². The zero-order valence-electron chi connectivity index (χ0n) is 12.9. The van der Waals surface area contributed by atoms with E-state index in [1.165, 1.54) is 25.7 Å². The van der Waals surface area contributed by atoms with E-state index in [0.29, 0.717) is 12.7 Å². The van der Waals surface area contributed by atoms with Crippen molar-refractivity contribution in [1.82, 2.24) is 0 Å². The highest BCUT2D eigenvalue weighted by Crippen LogP contribution is 2.19. The van der Waals surface area contributed by atoms with Gasteiger partial charge in [0.2, 0.25) is 0 Å². The largest absolute Gasteiger partial charge is 0.490 e. The van der Waals surface area contributed by atoms with Crippen molar-refractivity contribution >= 4 is 0 Å². The molecule has 0 fully saturated rings. The number of rotatable bonds is 12. The van der Waals surface area contributed by atoms with Crippen LogP contribution in [0.4, 0.5) is 0 Å². The Bertz CT molecular complexity index is 298. The Kier molecular flexibility index (Phi) is 10.0. The van der Waals surface area contributed by atoms with Crippen LogP contribution in [0.15, 0.2) is 30.3 Å². The van der Waals surface area contributed by atoms with Crippen LogP contribution in [0.3, 0.4) is 0 Å². The average Bonchev–Trinajstić information content (AvgIpc) is 2.49. The van der Waals surface area contributed by atoms with Crippen LogP contribution in [0.25, 0.3) is 0 Å². The quantitative estimate of drug-likeness (QED) is 0.548. The summed E-state index contributed by atoms with van der Waals surface area (Å²) in [5.74, 6) is 0.982. The SMILES string of the molecule is CCCCCCC(CCCCCO)Oc1ccccc1. The molecule has 2 nitrogen and oxygen atoms in total. The molecule has 0 saturated heterocycles. The first kappa shape index (κ1) is 17.0. The molecule has 1 rings (SSSR count).